The second kappa shape index (κ2) is 8.79. The van der Waals surface area contributed by atoms with E-state index in [2.05, 4.69) is 27.2 Å². The molecule has 0 radical (unpaired) electrons. The van der Waals surface area contributed by atoms with E-state index in [1.54, 1.807) is 4.90 Å². The molecule has 1 aliphatic heterocycles. The van der Waals surface area contributed by atoms with E-state index >= 15 is 0 Å². The van der Waals surface area contributed by atoms with Crippen LogP contribution in [0.2, 0.25) is 0 Å². The molecule has 6 rings (SSSR count). The minimum Gasteiger partial charge on any atom is -0.442 e. The van der Waals surface area contributed by atoms with Gasteiger partial charge in [0.15, 0.2) is 17.8 Å². The van der Waals surface area contributed by atoms with Crippen LogP contribution in [0.25, 0.3) is 28.4 Å². The van der Waals surface area contributed by atoms with E-state index in [1.807, 2.05) is 12.1 Å². The topological polar surface area (TPSA) is 96.5 Å². The number of rotatable bonds is 5. The smallest absolute Gasteiger partial charge is 0.274 e. The predicted molar refractivity (Wildman–Crippen MR) is 128 cm³/mol. The number of carbonyl (C=O) groups is 1. The van der Waals surface area contributed by atoms with Gasteiger partial charge in [0.05, 0.1) is 18.6 Å². The molecule has 1 aromatic carbocycles. The van der Waals surface area contributed by atoms with Crippen molar-refractivity contribution in [3.8, 4) is 22.7 Å². The van der Waals surface area contributed by atoms with Crippen LogP contribution in [-0.2, 0) is 0 Å². The fourth-order valence-corrected chi connectivity index (χ4v) is 5.27. The van der Waals surface area contributed by atoms with Crippen molar-refractivity contribution < 1.29 is 13.6 Å². The van der Waals surface area contributed by atoms with Crippen LogP contribution in [0.3, 0.4) is 0 Å². The quantitative estimate of drug-likeness (QED) is 0.461. The molecule has 4 aromatic rings. The zero-order valence-electron chi connectivity index (χ0n) is 19.2. The maximum atomic E-state index is 13.4. The van der Waals surface area contributed by atoms with E-state index < -0.39 is 6.67 Å². The van der Waals surface area contributed by atoms with Crippen molar-refractivity contribution in [1.82, 2.24) is 24.5 Å². The number of benzene rings is 1. The van der Waals surface area contributed by atoms with E-state index in [0.29, 0.717) is 24.7 Å². The molecule has 35 heavy (non-hydrogen) atoms. The molecule has 2 aliphatic rings. The molecule has 2 fully saturated rings. The van der Waals surface area contributed by atoms with Gasteiger partial charge in [-0.3, -0.25) is 14.0 Å². The van der Waals surface area contributed by atoms with Crippen molar-refractivity contribution in [2.24, 2.45) is 5.92 Å². The number of fused-ring (bicyclic) bond motifs is 1. The number of H-pyrrole nitrogens is 1. The normalized spacial score (nSPS) is 17.1. The minimum absolute atomic E-state index is 0.160. The van der Waals surface area contributed by atoms with Crippen LogP contribution in [0.4, 0.5) is 4.39 Å². The Morgan fingerprint density at radius 1 is 1.14 bits per heavy atom. The van der Waals surface area contributed by atoms with Crippen LogP contribution in [0.5, 0.6) is 0 Å². The van der Waals surface area contributed by atoms with Gasteiger partial charge < -0.3 is 14.3 Å². The van der Waals surface area contributed by atoms with Gasteiger partial charge >= 0.3 is 0 Å². The molecule has 1 N–H and O–H groups in total. The Hall–Kier alpha value is -3.75. The van der Waals surface area contributed by atoms with Crippen LogP contribution in [0.15, 0.2) is 52.1 Å². The van der Waals surface area contributed by atoms with Crippen molar-refractivity contribution in [3.05, 3.63) is 64.4 Å². The van der Waals surface area contributed by atoms with Crippen LogP contribution < -0.4 is 5.56 Å². The zero-order chi connectivity index (χ0) is 23.9. The van der Waals surface area contributed by atoms with E-state index in [1.165, 1.54) is 60.8 Å². The maximum Gasteiger partial charge on any atom is 0.274 e. The van der Waals surface area contributed by atoms with Gasteiger partial charge in [0, 0.05) is 25.1 Å². The summed E-state index contributed by atoms with van der Waals surface area (Å²) < 4.78 is 19.6. The second-order valence-corrected chi connectivity index (χ2v) is 9.56. The number of aromatic amines is 1. The van der Waals surface area contributed by atoms with Gasteiger partial charge in [0.25, 0.3) is 11.5 Å². The van der Waals surface area contributed by atoms with Gasteiger partial charge in [-0.2, -0.15) is 9.61 Å². The second-order valence-electron chi connectivity index (χ2n) is 9.56. The number of halogens is 1. The molecule has 1 aliphatic carbocycles. The SMILES string of the molecule is O=C(c1c(-c2cnco2)nn2c(=O)cc(-c3ccc(C4CCCCC4)cc3)[nH]c12)N1CC(CF)C1. The van der Waals surface area contributed by atoms with Gasteiger partial charge in [-0.25, -0.2) is 4.98 Å². The standard InChI is InChI=1S/C26H26FN5O3/c27-11-16-13-31(14-16)26(34)23-24(21-12-28-15-35-21)30-32-22(33)10-20(29-25(23)32)19-8-6-18(7-9-19)17-4-2-1-3-5-17/h6-10,12,15-17,29H,1-5,11,13-14H2. The average molecular weight is 476 g/mol. The minimum atomic E-state index is -0.467. The van der Waals surface area contributed by atoms with Gasteiger partial charge in [-0.1, -0.05) is 43.5 Å². The lowest BCUT2D eigenvalue weighted by molar-refractivity contribution is 0.0455. The molecule has 1 saturated carbocycles. The number of hydrogen-bond acceptors (Lipinski definition) is 5. The highest BCUT2D eigenvalue weighted by Gasteiger charge is 2.35. The van der Waals surface area contributed by atoms with E-state index in [4.69, 9.17) is 4.42 Å². The summed E-state index contributed by atoms with van der Waals surface area (Å²) in [5.41, 5.74) is 3.14. The molecule has 1 saturated heterocycles. The molecule has 0 atom stereocenters. The summed E-state index contributed by atoms with van der Waals surface area (Å²) in [5, 5.41) is 4.38. The Bertz CT molecular complexity index is 1410. The number of oxazole rings is 1. The number of hydrogen-bond donors (Lipinski definition) is 1. The van der Waals surface area contributed by atoms with Crippen molar-refractivity contribution in [1.29, 1.82) is 0 Å². The molecule has 180 valence electrons. The van der Waals surface area contributed by atoms with Crippen LogP contribution in [-0.4, -0.2) is 50.2 Å². The first kappa shape index (κ1) is 21.8. The predicted octanol–water partition coefficient (Wildman–Crippen LogP) is 4.43. The number of nitrogens with zero attached hydrogens (tertiary/aromatic N) is 4. The van der Waals surface area contributed by atoms with Crippen molar-refractivity contribution in [2.45, 2.75) is 38.0 Å². The lowest BCUT2D eigenvalue weighted by Gasteiger charge is -2.37. The Morgan fingerprint density at radius 3 is 2.60 bits per heavy atom. The Labute approximate surface area is 200 Å². The van der Waals surface area contributed by atoms with E-state index in [-0.39, 0.29) is 40.0 Å². The summed E-state index contributed by atoms with van der Waals surface area (Å²) >= 11 is 0. The Balaban J connectivity index is 1.42. The van der Waals surface area contributed by atoms with Crippen molar-refractivity contribution in [2.75, 3.05) is 19.8 Å². The molecule has 9 heteroatoms. The summed E-state index contributed by atoms with van der Waals surface area (Å²) in [6.45, 7) is 0.190. The summed E-state index contributed by atoms with van der Waals surface area (Å²) in [5.74, 6) is 0.390. The number of carbonyl (C=O) groups excluding carboxylic acids is 1. The highest BCUT2D eigenvalue weighted by atomic mass is 19.1. The molecule has 8 nitrogen and oxygen atoms in total. The third-order valence-electron chi connectivity index (χ3n) is 7.26. The molecule has 0 unspecified atom stereocenters. The first-order valence-electron chi connectivity index (χ1n) is 12.1. The van der Waals surface area contributed by atoms with Gasteiger partial charge in [-0.15, -0.1) is 0 Å². The monoisotopic (exact) mass is 475 g/mol. The molecule has 0 bridgehead atoms. The lowest BCUT2D eigenvalue weighted by Crippen LogP contribution is -2.50. The molecule has 4 heterocycles. The highest BCUT2D eigenvalue weighted by molar-refractivity contribution is 6.05. The summed E-state index contributed by atoms with van der Waals surface area (Å²) in [4.78, 5) is 35.2. The van der Waals surface area contributed by atoms with Crippen LogP contribution in [0.1, 0.15) is 53.9 Å². The largest absolute Gasteiger partial charge is 0.442 e. The molecular formula is C26H26FN5O3. The number of amides is 1. The third-order valence-corrected chi connectivity index (χ3v) is 7.26. The summed E-state index contributed by atoms with van der Waals surface area (Å²) in [6, 6.07) is 9.78. The zero-order valence-corrected chi connectivity index (χ0v) is 19.2. The third kappa shape index (κ3) is 3.84. The number of nitrogens with one attached hydrogen (secondary N) is 1. The highest BCUT2D eigenvalue weighted by Crippen LogP contribution is 2.34. The van der Waals surface area contributed by atoms with Crippen molar-refractivity contribution in [3.63, 3.8) is 0 Å². The fourth-order valence-electron chi connectivity index (χ4n) is 5.27. The summed E-state index contributed by atoms with van der Waals surface area (Å²) in [6.07, 6.45) is 8.98. The molecule has 0 spiro atoms. The average Bonchev–Trinajstić information content (AvgIpc) is 3.52. The lowest BCUT2D eigenvalue weighted by atomic mass is 9.84. The number of alkyl halides is 1. The molecular weight excluding hydrogens is 449 g/mol. The van der Waals surface area contributed by atoms with E-state index in [9.17, 15) is 14.0 Å². The molecule has 3 aromatic heterocycles. The Kier molecular flexibility index (Phi) is 5.47. The number of likely N-dealkylation sites (tertiary alicyclic amines) is 1. The maximum absolute atomic E-state index is 13.4. The summed E-state index contributed by atoms with van der Waals surface area (Å²) in [7, 11) is 0. The van der Waals surface area contributed by atoms with Gasteiger partial charge in [0.1, 0.15) is 11.3 Å². The molecule has 1 amide bonds. The number of aromatic nitrogens is 4. The van der Waals surface area contributed by atoms with Gasteiger partial charge in [0.2, 0.25) is 0 Å². The Morgan fingerprint density at radius 2 is 1.91 bits per heavy atom. The first-order valence-corrected chi connectivity index (χ1v) is 12.1. The van der Waals surface area contributed by atoms with E-state index in [0.717, 1.165) is 5.56 Å². The van der Waals surface area contributed by atoms with Crippen LogP contribution >= 0.6 is 0 Å². The van der Waals surface area contributed by atoms with Crippen molar-refractivity contribution >= 4 is 11.6 Å². The van der Waals surface area contributed by atoms with Gasteiger partial charge in [-0.05, 0) is 29.9 Å². The first-order chi connectivity index (χ1) is 17.1. The van der Waals surface area contributed by atoms with Crippen LogP contribution in [0, 0.1) is 5.92 Å². The fraction of sp³-hybridized carbons (Fsp3) is 0.385.